The molecule has 4 rings (SSSR count). The van der Waals surface area contributed by atoms with Crippen LogP contribution in [0.25, 0.3) is 0 Å². The summed E-state index contributed by atoms with van der Waals surface area (Å²) in [5.74, 6) is 0.0303. The summed E-state index contributed by atoms with van der Waals surface area (Å²) in [6, 6.07) is 17.8. The summed E-state index contributed by atoms with van der Waals surface area (Å²) < 4.78 is 33.3. The van der Waals surface area contributed by atoms with E-state index >= 15 is 0 Å². The van der Waals surface area contributed by atoms with Gasteiger partial charge in [0, 0.05) is 6.04 Å². The Balaban J connectivity index is 1.50. The number of nitrogens with zero attached hydrogens (tertiary/aromatic N) is 2. The summed E-state index contributed by atoms with van der Waals surface area (Å²) in [6.07, 6.45) is 3.52. The molecular formula is C26H32N4O4S. The highest BCUT2D eigenvalue weighted by Crippen LogP contribution is 2.25. The zero-order chi connectivity index (χ0) is 24.8. The summed E-state index contributed by atoms with van der Waals surface area (Å²) in [4.78, 5) is 15.5. The van der Waals surface area contributed by atoms with Crippen LogP contribution in [0.1, 0.15) is 24.2 Å². The van der Waals surface area contributed by atoms with E-state index in [1.165, 1.54) is 6.26 Å². The molecule has 1 amide bonds. The van der Waals surface area contributed by atoms with Gasteiger partial charge < -0.3 is 20.0 Å². The number of piperidine rings is 1. The maximum absolute atomic E-state index is 13.4. The predicted molar refractivity (Wildman–Crippen MR) is 137 cm³/mol. The first-order valence-electron chi connectivity index (χ1n) is 11.7. The van der Waals surface area contributed by atoms with Crippen LogP contribution in [0.15, 0.2) is 76.2 Å². The lowest BCUT2D eigenvalue weighted by molar-refractivity contribution is -0.116. The second-order valence-electron chi connectivity index (χ2n) is 8.98. The molecule has 9 heteroatoms. The fourth-order valence-electron chi connectivity index (χ4n) is 4.10. The van der Waals surface area contributed by atoms with Gasteiger partial charge in [0.15, 0.2) is 0 Å². The molecule has 2 aromatic carbocycles. The third-order valence-corrected chi connectivity index (χ3v) is 7.98. The molecule has 1 fully saturated rings. The first-order chi connectivity index (χ1) is 16.8. The van der Waals surface area contributed by atoms with Crippen LogP contribution in [0.4, 0.5) is 11.4 Å². The van der Waals surface area contributed by atoms with E-state index in [0.717, 1.165) is 41.5 Å². The maximum atomic E-state index is 13.4. The lowest BCUT2D eigenvalue weighted by Crippen LogP contribution is -2.38. The summed E-state index contributed by atoms with van der Waals surface area (Å²) in [5, 5.41) is 6.44. The van der Waals surface area contributed by atoms with Crippen molar-refractivity contribution in [1.82, 2.24) is 9.21 Å². The van der Waals surface area contributed by atoms with Crippen molar-refractivity contribution < 1.29 is 17.6 Å². The minimum atomic E-state index is -3.93. The van der Waals surface area contributed by atoms with Crippen LogP contribution in [-0.4, -0.2) is 56.3 Å². The Kier molecular flexibility index (Phi) is 7.90. The van der Waals surface area contributed by atoms with Gasteiger partial charge in [-0.15, -0.1) is 0 Å². The van der Waals surface area contributed by atoms with Crippen molar-refractivity contribution in [2.45, 2.75) is 37.2 Å². The molecule has 1 aliphatic rings. The molecule has 0 saturated carbocycles. The minimum Gasteiger partial charge on any atom is -0.468 e. The summed E-state index contributed by atoms with van der Waals surface area (Å²) >= 11 is 0. The van der Waals surface area contributed by atoms with E-state index in [9.17, 15) is 13.2 Å². The number of rotatable bonds is 9. The second-order valence-corrected chi connectivity index (χ2v) is 10.9. The van der Waals surface area contributed by atoms with Gasteiger partial charge in [0.25, 0.3) is 0 Å². The molecule has 1 aromatic heterocycles. The molecule has 35 heavy (non-hydrogen) atoms. The van der Waals surface area contributed by atoms with Gasteiger partial charge in [0.2, 0.25) is 15.9 Å². The third-order valence-electron chi connectivity index (χ3n) is 6.17. The molecule has 2 N–H and O–H groups in total. The number of para-hydroxylation sites is 2. The number of amides is 1. The van der Waals surface area contributed by atoms with Crippen molar-refractivity contribution in [3.63, 3.8) is 0 Å². The Morgan fingerprint density at radius 2 is 1.71 bits per heavy atom. The highest BCUT2D eigenvalue weighted by molar-refractivity contribution is 7.89. The van der Waals surface area contributed by atoms with Crippen LogP contribution in [-0.2, 0) is 21.4 Å². The summed E-state index contributed by atoms with van der Waals surface area (Å²) in [6.45, 7) is 3.53. The summed E-state index contributed by atoms with van der Waals surface area (Å²) in [5.41, 5.74) is 2.41. The monoisotopic (exact) mass is 496 g/mol. The number of nitrogens with one attached hydrogen (secondary N) is 2. The number of benzene rings is 2. The second kappa shape index (κ2) is 11.1. The van der Waals surface area contributed by atoms with Crippen molar-refractivity contribution in [1.29, 1.82) is 0 Å². The molecule has 8 nitrogen and oxygen atoms in total. The van der Waals surface area contributed by atoms with E-state index < -0.39 is 15.9 Å². The highest BCUT2D eigenvalue weighted by Gasteiger charge is 2.28. The average Bonchev–Trinajstić information content (AvgIpc) is 3.35. The number of sulfonamides is 1. The SMILES string of the molecule is Cc1ccc(S(=O)(=O)N(CC(=O)Nc2ccccc2NC2CCN(C)CC2)Cc2ccco2)cc1. The first kappa shape index (κ1) is 25.0. The molecule has 186 valence electrons. The predicted octanol–water partition coefficient (Wildman–Crippen LogP) is 3.92. The number of likely N-dealkylation sites (tertiary alicyclic amines) is 1. The van der Waals surface area contributed by atoms with E-state index in [0.29, 0.717) is 17.5 Å². The van der Waals surface area contributed by atoms with Crippen molar-refractivity contribution in [2.24, 2.45) is 0 Å². The van der Waals surface area contributed by atoms with Gasteiger partial charge in [-0.3, -0.25) is 4.79 Å². The van der Waals surface area contributed by atoms with E-state index in [1.807, 2.05) is 31.2 Å². The average molecular weight is 497 g/mol. The van der Waals surface area contributed by atoms with Crippen LogP contribution in [0, 0.1) is 6.92 Å². The minimum absolute atomic E-state index is 0.0495. The lowest BCUT2D eigenvalue weighted by atomic mass is 10.0. The van der Waals surface area contributed by atoms with Gasteiger partial charge in [-0.05, 0) is 76.3 Å². The number of carbonyl (C=O) groups is 1. The highest BCUT2D eigenvalue weighted by atomic mass is 32.2. The van der Waals surface area contributed by atoms with Crippen molar-refractivity contribution in [2.75, 3.05) is 37.3 Å². The van der Waals surface area contributed by atoms with Crippen LogP contribution in [0.3, 0.4) is 0 Å². The molecular weight excluding hydrogens is 464 g/mol. The van der Waals surface area contributed by atoms with Crippen LogP contribution >= 0.6 is 0 Å². The van der Waals surface area contributed by atoms with E-state index in [1.54, 1.807) is 36.4 Å². The molecule has 0 unspecified atom stereocenters. The number of hydrogen-bond acceptors (Lipinski definition) is 6. The zero-order valence-corrected chi connectivity index (χ0v) is 20.9. The zero-order valence-electron chi connectivity index (χ0n) is 20.1. The molecule has 0 bridgehead atoms. The summed E-state index contributed by atoms with van der Waals surface area (Å²) in [7, 11) is -1.81. The first-order valence-corrected chi connectivity index (χ1v) is 13.2. The van der Waals surface area contributed by atoms with Gasteiger partial charge in [-0.1, -0.05) is 29.8 Å². The molecule has 2 heterocycles. The topological polar surface area (TPSA) is 94.9 Å². The number of furan rings is 1. The third kappa shape index (κ3) is 6.50. The van der Waals surface area contributed by atoms with Crippen LogP contribution in [0.5, 0.6) is 0 Å². The molecule has 3 aromatic rings. The molecule has 0 spiro atoms. The Hall–Kier alpha value is -3.14. The Labute approximate surface area is 207 Å². The maximum Gasteiger partial charge on any atom is 0.243 e. The molecule has 0 aliphatic carbocycles. The van der Waals surface area contributed by atoms with Gasteiger partial charge in [-0.2, -0.15) is 4.31 Å². The van der Waals surface area contributed by atoms with Gasteiger partial charge in [0.05, 0.1) is 35.6 Å². The van der Waals surface area contributed by atoms with Crippen LogP contribution in [0.2, 0.25) is 0 Å². The Bertz CT molecular complexity index is 1220. The number of aryl methyl sites for hydroxylation is 1. The number of hydrogen-bond donors (Lipinski definition) is 2. The molecule has 1 aliphatic heterocycles. The molecule has 0 radical (unpaired) electrons. The quantitative estimate of drug-likeness (QED) is 0.466. The Morgan fingerprint density at radius 1 is 1.03 bits per heavy atom. The number of anilines is 2. The van der Waals surface area contributed by atoms with Crippen molar-refractivity contribution in [3.05, 3.63) is 78.3 Å². The van der Waals surface area contributed by atoms with Crippen LogP contribution < -0.4 is 10.6 Å². The van der Waals surface area contributed by atoms with E-state index in [2.05, 4.69) is 22.6 Å². The largest absolute Gasteiger partial charge is 0.468 e. The lowest BCUT2D eigenvalue weighted by Gasteiger charge is -2.30. The molecule has 0 atom stereocenters. The fraction of sp³-hybridized carbons (Fsp3) is 0.346. The smallest absolute Gasteiger partial charge is 0.243 e. The molecule has 1 saturated heterocycles. The van der Waals surface area contributed by atoms with E-state index in [4.69, 9.17) is 4.42 Å². The normalized spacial score (nSPS) is 15.3. The van der Waals surface area contributed by atoms with Gasteiger partial charge in [0.1, 0.15) is 5.76 Å². The Morgan fingerprint density at radius 3 is 2.37 bits per heavy atom. The van der Waals surface area contributed by atoms with Crippen molar-refractivity contribution >= 4 is 27.3 Å². The van der Waals surface area contributed by atoms with Gasteiger partial charge >= 0.3 is 0 Å². The van der Waals surface area contributed by atoms with Gasteiger partial charge in [-0.25, -0.2) is 8.42 Å². The standard InChI is InChI=1S/C26H32N4O4S/c1-20-9-11-23(12-10-20)35(32,33)30(18-22-6-5-17-34-22)19-26(31)28-25-8-4-3-7-24(25)27-21-13-15-29(2)16-14-21/h3-12,17,21,27H,13-16,18-19H2,1-2H3,(H,28,31). The number of carbonyl (C=O) groups excluding carboxylic acids is 1. The van der Waals surface area contributed by atoms with Crippen molar-refractivity contribution in [3.8, 4) is 0 Å². The fourth-order valence-corrected chi connectivity index (χ4v) is 5.46. The van der Waals surface area contributed by atoms with E-state index in [-0.39, 0.29) is 18.0 Å².